The molecule has 2 heterocycles. The quantitative estimate of drug-likeness (QED) is 0.924. The van der Waals surface area contributed by atoms with E-state index in [2.05, 4.69) is 36.2 Å². The summed E-state index contributed by atoms with van der Waals surface area (Å²) in [6.07, 6.45) is 6.82. The fraction of sp³-hybridized carbons (Fsp3) is 0.100. The molecular weight excluding hydrogens is 256 g/mol. The second-order valence-electron chi connectivity index (χ2n) is 2.96. The summed E-state index contributed by atoms with van der Waals surface area (Å²) in [4.78, 5) is 12.1. The molecule has 5 heteroatoms. The Bertz CT molecular complexity index is 415. The molecule has 0 aliphatic carbocycles. The van der Waals surface area contributed by atoms with E-state index in [4.69, 9.17) is 0 Å². The van der Waals surface area contributed by atoms with Crippen molar-refractivity contribution in [3.63, 3.8) is 0 Å². The van der Waals surface area contributed by atoms with Gasteiger partial charge in [-0.05, 0) is 28.1 Å². The summed E-state index contributed by atoms with van der Waals surface area (Å²) in [5.74, 6) is 0.835. The number of pyridine rings is 1. The van der Waals surface area contributed by atoms with Crippen molar-refractivity contribution in [2.75, 3.05) is 5.32 Å². The third kappa shape index (κ3) is 2.99. The fourth-order valence-corrected chi connectivity index (χ4v) is 1.33. The van der Waals surface area contributed by atoms with E-state index in [1.54, 1.807) is 18.6 Å². The van der Waals surface area contributed by atoms with Gasteiger partial charge in [0, 0.05) is 35.2 Å². The van der Waals surface area contributed by atoms with Crippen molar-refractivity contribution in [1.82, 2.24) is 15.0 Å². The summed E-state index contributed by atoms with van der Waals surface area (Å²) in [7, 11) is 0. The van der Waals surface area contributed by atoms with Crippen LogP contribution < -0.4 is 5.32 Å². The zero-order chi connectivity index (χ0) is 10.5. The second-order valence-corrected chi connectivity index (χ2v) is 3.88. The van der Waals surface area contributed by atoms with Crippen LogP contribution in [0.4, 0.5) is 5.82 Å². The van der Waals surface area contributed by atoms with Crippen LogP contribution in [0, 0.1) is 0 Å². The van der Waals surface area contributed by atoms with Crippen molar-refractivity contribution in [1.29, 1.82) is 0 Å². The molecule has 0 aliphatic heterocycles. The van der Waals surface area contributed by atoms with Gasteiger partial charge in [0.2, 0.25) is 0 Å². The van der Waals surface area contributed by atoms with E-state index >= 15 is 0 Å². The van der Waals surface area contributed by atoms with Gasteiger partial charge in [-0.2, -0.15) is 0 Å². The van der Waals surface area contributed by atoms with E-state index in [0.29, 0.717) is 6.54 Å². The van der Waals surface area contributed by atoms with E-state index in [0.717, 1.165) is 15.9 Å². The van der Waals surface area contributed by atoms with Crippen molar-refractivity contribution in [2.45, 2.75) is 6.54 Å². The summed E-state index contributed by atoms with van der Waals surface area (Å²) in [6, 6.07) is 3.85. The highest BCUT2D eigenvalue weighted by Gasteiger charge is 1.95. The molecule has 0 radical (unpaired) electrons. The molecule has 0 bridgehead atoms. The van der Waals surface area contributed by atoms with Crippen molar-refractivity contribution < 1.29 is 0 Å². The summed E-state index contributed by atoms with van der Waals surface area (Å²) >= 11 is 3.33. The number of hydrogen-bond donors (Lipinski definition) is 1. The van der Waals surface area contributed by atoms with Crippen LogP contribution in [0.25, 0.3) is 0 Å². The Kier molecular flexibility index (Phi) is 3.24. The Labute approximate surface area is 95.9 Å². The lowest BCUT2D eigenvalue weighted by molar-refractivity contribution is 1.04. The van der Waals surface area contributed by atoms with E-state index < -0.39 is 0 Å². The van der Waals surface area contributed by atoms with Crippen LogP contribution in [0.2, 0.25) is 0 Å². The predicted octanol–water partition coefficient (Wildman–Crippen LogP) is 2.25. The van der Waals surface area contributed by atoms with Gasteiger partial charge in [-0.1, -0.05) is 0 Å². The second kappa shape index (κ2) is 4.84. The summed E-state index contributed by atoms with van der Waals surface area (Å²) in [5.41, 5.74) is 1.03. The minimum absolute atomic E-state index is 0.676. The number of hydrogen-bond acceptors (Lipinski definition) is 4. The highest BCUT2D eigenvalue weighted by molar-refractivity contribution is 9.10. The molecule has 0 amide bonds. The molecule has 2 rings (SSSR count). The Morgan fingerprint density at radius 3 is 2.60 bits per heavy atom. The molecule has 0 spiro atoms. The van der Waals surface area contributed by atoms with Gasteiger partial charge < -0.3 is 5.32 Å². The lowest BCUT2D eigenvalue weighted by Gasteiger charge is -2.04. The van der Waals surface area contributed by atoms with E-state index in [-0.39, 0.29) is 0 Å². The van der Waals surface area contributed by atoms with Crippen molar-refractivity contribution in [3.8, 4) is 0 Å². The normalized spacial score (nSPS) is 9.93. The lowest BCUT2D eigenvalue weighted by atomic mass is 10.3. The van der Waals surface area contributed by atoms with Crippen LogP contribution in [0.15, 0.2) is 41.5 Å². The minimum atomic E-state index is 0.676. The van der Waals surface area contributed by atoms with E-state index in [1.807, 2.05) is 12.1 Å². The minimum Gasteiger partial charge on any atom is -0.366 e. The van der Waals surface area contributed by atoms with Crippen molar-refractivity contribution in [2.24, 2.45) is 0 Å². The first-order chi connectivity index (χ1) is 7.34. The highest BCUT2D eigenvalue weighted by Crippen LogP contribution is 2.10. The number of halogens is 1. The zero-order valence-electron chi connectivity index (χ0n) is 7.89. The number of rotatable bonds is 3. The SMILES string of the molecule is Brc1ccc(NCc2cncnc2)nc1. The van der Waals surface area contributed by atoms with Crippen LogP contribution >= 0.6 is 15.9 Å². The monoisotopic (exact) mass is 264 g/mol. The van der Waals surface area contributed by atoms with Gasteiger partial charge in [-0.25, -0.2) is 15.0 Å². The maximum absolute atomic E-state index is 4.19. The first-order valence-electron chi connectivity index (χ1n) is 4.44. The summed E-state index contributed by atoms with van der Waals surface area (Å²) in [6.45, 7) is 0.676. The Balaban J connectivity index is 1.96. The number of nitrogens with one attached hydrogen (secondary N) is 1. The first kappa shape index (κ1) is 10.0. The predicted molar refractivity (Wildman–Crippen MR) is 61.3 cm³/mol. The topological polar surface area (TPSA) is 50.7 Å². The van der Waals surface area contributed by atoms with Crippen LogP contribution in [0.1, 0.15) is 5.56 Å². The van der Waals surface area contributed by atoms with Gasteiger partial charge in [-0.3, -0.25) is 0 Å². The van der Waals surface area contributed by atoms with Gasteiger partial charge in [-0.15, -0.1) is 0 Å². The summed E-state index contributed by atoms with van der Waals surface area (Å²) < 4.78 is 0.969. The Morgan fingerprint density at radius 2 is 1.93 bits per heavy atom. The average Bonchev–Trinajstić information content (AvgIpc) is 2.30. The number of nitrogens with zero attached hydrogens (tertiary/aromatic N) is 3. The maximum atomic E-state index is 4.19. The average molecular weight is 265 g/mol. The molecular formula is C10H9BrN4. The molecule has 0 saturated heterocycles. The fourth-order valence-electron chi connectivity index (χ4n) is 1.09. The van der Waals surface area contributed by atoms with Gasteiger partial charge in [0.15, 0.2) is 0 Å². The molecule has 1 N–H and O–H groups in total. The highest BCUT2D eigenvalue weighted by atomic mass is 79.9. The molecule has 0 aliphatic rings. The molecule has 0 unspecified atom stereocenters. The largest absolute Gasteiger partial charge is 0.366 e. The molecule has 2 aromatic rings. The van der Waals surface area contributed by atoms with Gasteiger partial charge in [0.1, 0.15) is 12.1 Å². The number of anilines is 1. The number of aromatic nitrogens is 3. The van der Waals surface area contributed by atoms with Crippen LogP contribution in [-0.2, 0) is 6.54 Å². The van der Waals surface area contributed by atoms with Crippen LogP contribution in [0.5, 0.6) is 0 Å². The van der Waals surface area contributed by atoms with E-state index in [1.165, 1.54) is 6.33 Å². The van der Waals surface area contributed by atoms with Crippen molar-refractivity contribution in [3.05, 3.63) is 47.1 Å². The zero-order valence-corrected chi connectivity index (χ0v) is 9.48. The van der Waals surface area contributed by atoms with Gasteiger partial charge in [0.05, 0.1) is 0 Å². The van der Waals surface area contributed by atoms with Crippen LogP contribution in [-0.4, -0.2) is 15.0 Å². The maximum Gasteiger partial charge on any atom is 0.126 e. The van der Waals surface area contributed by atoms with Gasteiger partial charge >= 0.3 is 0 Å². The molecule has 0 aromatic carbocycles. The Morgan fingerprint density at radius 1 is 1.13 bits per heavy atom. The third-order valence-corrected chi connectivity index (χ3v) is 2.28. The van der Waals surface area contributed by atoms with E-state index in [9.17, 15) is 0 Å². The van der Waals surface area contributed by atoms with Crippen LogP contribution in [0.3, 0.4) is 0 Å². The lowest BCUT2D eigenvalue weighted by Crippen LogP contribution is -2.01. The molecule has 0 fully saturated rings. The molecule has 15 heavy (non-hydrogen) atoms. The third-order valence-electron chi connectivity index (χ3n) is 1.82. The molecule has 0 atom stereocenters. The smallest absolute Gasteiger partial charge is 0.126 e. The molecule has 76 valence electrons. The molecule has 0 saturated carbocycles. The standard InChI is InChI=1S/C10H9BrN4/c11-9-1-2-10(15-6-9)14-5-8-3-12-7-13-4-8/h1-4,6-7H,5H2,(H,14,15). The molecule has 2 aromatic heterocycles. The molecule has 4 nitrogen and oxygen atoms in total. The first-order valence-corrected chi connectivity index (χ1v) is 5.23. The van der Waals surface area contributed by atoms with Crippen molar-refractivity contribution >= 4 is 21.7 Å². The summed E-state index contributed by atoms with van der Waals surface area (Å²) in [5, 5.41) is 3.18. The Hall–Kier alpha value is -1.49. The van der Waals surface area contributed by atoms with Gasteiger partial charge in [0.25, 0.3) is 0 Å².